The molecule has 1 fully saturated rings. The Hall–Kier alpha value is -2.28. The molecule has 0 radical (unpaired) electrons. The number of rotatable bonds is 6. The van der Waals surface area contributed by atoms with Crippen molar-refractivity contribution < 1.29 is 18.9 Å². The van der Waals surface area contributed by atoms with Gasteiger partial charge in [0.1, 0.15) is 0 Å². The smallest absolute Gasteiger partial charge is 0.169 e. The molecule has 0 aromatic heterocycles. The van der Waals surface area contributed by atoms with Crippen molar-refractivity contribution in [3.8, 4) is 23.0 Å². The minimum absolute atomic E-state index is 0.520. The molecule has 2 aromatic carbocycles. The van der Waals surface area contributed by atoms with Crippen molar-refractivity contribution in [3.05, 3.63) is 47.5 Å². The first kappa shape index (κ1) is 23.9. The Balaban J connectivity index is 1.47. The first-order chi connectivity index (χ1) is 16.2. The van der Waals surface area contributed by atoms with E-state index in [1.807, 2.05) is 12.1 Å². The van der Waals surface area contributed by atoms with Gasteiger partial charge in [-0.25, -0.2) is 0 Å². The largest absolute Gasteiger partial charge is 0.493 e. The van der Waals surface area contributed by atoms with Gasteiger partial charge in [0.05, 0.1) is 27.4 Å². The maximum absolute atomic E-state index is 6.33. The number of methoxy groups -OCH3 is 2. The van der Waals surface area contributed by atoms with E-state index in [1.165, 1.54) is 30.4 Å². The molecule has 1 N–H and O–H groups in total. The predicted octanol–water partition coefficient (Wildman–Crippen LogP) is 4.45. The highest BCUT2D eigenvalue weighted by molar-refractivity contribution is 5.50. The summed E-state index contributed by atoms with van der Waals surface area (Å²) in [7, 11) is 3.36. The summed E-state index contributed by atoms with van der Waals surface area (Å²) in [5.41, 5.74) is 2.53. The minimum Gasteiger partial charge on any atom is -0.493 e. The number of hydrogen-bond donors (Lipinski definition) is 1. The summed E-state index contributed by atoms with van der Waals surface area (Å²) < 4.78 is 22.9. The molecule has 0 spiro atoms. The van der Waals surface area contributed by atoms with E-state index in [0.717, 1.165) is 81.7 Å². The molecule has 180 valence electrons. The van der Waals surface area contributed by atoms with Gasteiger partial charge in [-0.05, 0) is 67.5 Å². The van der Waals surface area contributed by atoms with Crippen LogP contribution in [0.3, 0.4) is 0 Å². The average molecular weight is 455 g/mol. The summed E-state index contributed by atoms with van der Waals surface area (Å²) in [5.74, 6) is 2.95. The van der Waals surface area contributed by atoms with E-state index in [0.29, 0.717) is 6.04 Å². The van der Waals surface area contributed by atoms with E-state index in [2.05, 4.69) is 34.5 Å². The molecule has 0 saturated carbocycles. The van der Waals surface area contributed by atoms with Crippen LogP contribution in [0.2, 0.25) is 0 Å². The van der Waals surface area contributed by atoms with Crippen molar-refractivity contribution in [3.63, 3.8) is 0 Å². The third-order valence-electron chi connectivity index (χ3n) is 6.69. The van der Waals surface area contributed by atoms with Crippen LogP contribution in [-0.4, -0.2) is 64.6 Å². The fourth-order valence-corrected chi connectivity index (χ4v) is 4.69. The van der Waals surface area contributed by atoms with Gasteiger partial charge >= 0.3 is 0 Å². The number of fused-ring (bicyclic) bond motifs is 4. The first-order valence-electron chi connectivity index (χ1n) is 12.3. The molecule has 0 amide bonds. The molecule has 2 heterocycles. The Morgan fingerprint density at radius 3 is 2.21 bits per heavy atom. The van der Waals surface area contributed by atoms with Crippen LogP contribution in [0.5, 0.6) is 23.0 Å². The third-order valence-corrected chi connectivity index (χ3v) is 6.69. The van der Waals surface area contributed by atoms with E-state index in [-0.39, 0.29) is 0 Å². The van der Waals surface area contributed by atoms with Gasteiger partial charge in [-0.1, -0.05) is 18.6 Å². The molecule has 33 heavy (non-hydrogen) atoms. The molecule has 1 unspecified atom stereocenters. The highest BCUT2D eigenvalue weighted by atomic mass is 16.5. The standard InChI is InChI=1S/C27H38N2O4/c1-30-24-11-8-21-5-3-4-6-23(28-13-14-29-15-17-32-18-16-29)10-7-22-9-12-25(31-2)27(20-22)33-26(24)19-21/h8-9,11-12,19-20,23,28H,3-7,10,13-18H2,1-2H3. The second-order valence-corrected chi connectivity index (χ2v) is 8.96. The quantitative estimate of drug-likeness (QED) is 0.696. The number of benzene rings is 2. The van der Waals surface area contributed by atoms with Crippen LogP contribution < -0.4 is 19.5 Å². The van der Waals surface area contributed by atoms with Crippen LogP contribution in [0.4, 0.5) is 0 Å². The molecule has 2 aliphatic rings. The minimum atomic E-state index is 0.520. The summed E-state index contributed by atoms with van der Waals surface area (Å²) in [5, 5.41) is 3.85. The number of aryl methyl sites for hydroxylation is 2. The Kier molecular flexibility index (Phi) is 8.86. The molecule has 2 aromatic rings. The van der Waals surface area contributed by atoms with Gasteiger partial charge in [-0.3, -0.25) is 4.90 Å². The van der Waals surface area contributed by atoms with Gasteiger partial charge in [0.2, 0.25) is 0 Å². The lowest BCUT2D eigenvalue weighted by molar-refractivity contribution is 0.0380. The van der Waals surface area contributed by atoms with Crippen LogP contribution >= 0.6 is 0 Å². The molecule has 1 atom stereocenters. The lowest BCUT2D eigenvalue weighted by Gasteiger charge is -2.28. The van der Waals surface area contributed by atoms with Gasteiger partial charge in [0.25, 0.3) is 0 Å². The second-order valence-electron chi connectivity index (χ2n) is 8.96. The van der Waals surface area contributed by atoms with Crippen LogP contribution in [0.15, 0.2) is 36.4 Å². The maximum atomic E-state index is 6.33. The number of morpholine rings is 1. The van der Waals surface area contributed by atoms with E-state index >= 15 is 0 Å². The van der Waals surface area contributed by atoms with E-state index in [9.17, 15) is 0 Å². The van der Waals surface area contributed by atoms with Gasteiger partial charge in [-0.15, -0.1) is 0 Å². The maximum Gasteiger partial charge on any atom is 0.169 e. The van der Waals surface area contributed by atoms with E-state index in [1.54, 1.807) is 14.2 Å². The van der Waals surface area contributed by atoms with Crippen molar-refractivity contribution in [1.29, 1.82) is 0 Å². The average Bonchev–Trinajstić information content (AvgIpc) is 2.85. The number of hydrogen-bond acceptors (Lipinski definition) is 6. The Morgan fingerprint density at radius 1 is 0.879 bits per heavy atom. The molecule has 1 saturated heterocycles. The van der Waals surface area contributed by atoms with Crippen molar-refractivity contribution in [1.82, 2.24) is 10.2 Å². The molecule has 4 rings (SSSR count). The highest BCUT2D eigenvalue weighted by Crippen LogP contribution is 2.38. The fraction of sp³-hybridized carbons (Fsp3) is 0.556. The van der Waals surface area contributed by atoms with Gasteiger partial charge < -0.3 is 24.3 Å². The SMILES string of the molecule is COc1ccc2cc1Oc1cc(ccc1OC)CCC(NCCN1CCOCC1)CCCC2. The summed E-state index contributed by atoms with van der Waals surface area (Å²) >= 11 is 0. The van der Waals surface area contributed by atoms with Gasteiger partial charge in [0, 0.05) is 32.2 Å². The Morgan fingerprint density at radius 2 is 1.55 bits per heavy atom. The van der Waals surface area contributed by atoms with E-state index in [4.69, 9.17) is 18.9 Å². The molecule has 0 aliphatic carbocycles. The highest BCUT2D eigenvalue weighted by Gasteiger charge is 2.16. The van der Waals surface area contributed by atoms with Crippen LogP contribution in [0.1, 0.15) is 36.8 Å². The molecular weight excluding hydrogens is 416 g/mol. The monoisotopic (exact) mass is 454 g/mol. The number of nitrogens with zero attached hydrogens (tertiary/aromatic N) is 1. The Labute approximate surface area is 198 Å². The Bertz CT molecular complexity index is 882. The normalized spacial score (nSPS) is 19.9. The van der Waals surface area contributed by atoms with Gasteiger partial charge in [-0.2, -0.15) is 0 Å². The summed E-state index contributed by atoms with van der Waals surface area (Å²) in [4.78, 5) is 2.49. The zero-order valence-corrected chi connectivity index (χ0v) is 20.1. The zero-order valence-electron chi connectivity index (χ0n) is 20.1. The lowest BCUT2D eigenvalue weighted by atomic mass is 9.98. The van der Waals surface area contributed by atoms with Crippen molar-refractivity contribution in [2.75, 3.05) is 53.6 Å². The second kappa shape index (κ2) is 12.3. The summed E-state index contributed by atoms with van der Waals surface area (Å²) in [6, 6.07) is 13.0. The van der Waals surface area contributed by atoms with Crippen LogP contribution in [-0.2, 0) is 17.6 Å². The van der Waals surface area contributed by atoms with Crippen LogP contribution in [0, 0.1) is 0 Å². The summed E-state index contributed by atoms with van der Waals surface area (Å²) in [6.07, 6.45) is 6.74. The predicted molar refractivity (Wildman–Crippen MR) is 131 cm³/mol. The molecule has 4 bridgehead atoms. The summed E-state index contributed by atoms with van der Waals surface area (Å²) in [6.45, 7) is 5.94. The van der Waals surface area contributed by atoms with Crippen molar-refractivity contribution in [2.24, 2.45) is 0 Å². The van der Waals surface area contributed by atoms with Gasteiger partial charge in [0.15, 0.2) is 23.0 Å². The molecule has 6 heteroatoms. The number of nitrogens with one attached hydrogen (secondary N) is 1. The first-order valence-corrected chi connectivity index (χ1v) is 12.3. The zero-order chi connectivity index (χ0) is 22.9. The fourth-order valence-electron chi connectivity index (χ4n) is 4.69. The van der Waals surface area contributed by atoms with E-state index < -0.39 is 0 Å². The third kappa shape index (κ3) is 6.85. The molecule has 2 aliphatic heterocycles. The van der Waals surface area contributed by atoms with Crippen molar-refractivity contribution in [2.45, 2.75) is 44.6 Å². The van der Waals surface area contributed by atoms with Crippen LogP contribution in [0.25, 0.3) is 0 Å². The topological polar surface area (TPSA) is 52.2 Å². The lowest BCUT2D eigenvalue weighted by Crippen LogP contribution is -2.42. The molecule has 6 nitrogen and oxygen atoms in total. The molecular formula is C27H38N2O4. The van der Waals surface area contributed by atoms with Crippen molar-refractivity contribution >= 4 is 0 Å². The number of ether oxygens (including phenoxy) is 4.